The predicted molar refractivity (Wildman–Crippen MR) is 148 cm³/mol. The number of aromatic nitrogens is 4. The summed E-state index contributed by atoms with van der Waals surface area (Å²) in [6.07, 6.45) is 4.95. The first-order valence-corrected chi connectivity index (χ1v) is 12.8. The Hall–Kier alpha value is -4.05. The van der Waals surface area contributed by atoms with E-state index in [-0.39, 0.29) is 17.4 Å². The van der Waals surface area contributed by atoms with Crippen LogP contribution in [0.25, 0.3) is 5.69 Å². The van der Waals surface area contributed by atoms with Crippen molar-refractivity contribution in [3.05, 3.63) is 76.6 Å². The number of pyridine rings is 1. The number of amides is 3. The summed E-state index contributed by atoms with van der Waals surface area (Å²) in [4.78, 5) is 33.7. The second-order valence-electron chi connectivity index (χ2n) is 9.86. The molecule has 0 aliphatic heterocycles. The molecule has 0 unspecified atom stereocenters. The molecule has 1 aromatic carbocycles. The summed E-state index contributed by atoms with van der Waals surface area (Å²) in [5.74, 6) is 0.961. The first kappa shape index (κ1) is 26.0. The van der Waals surface area contributed by atoms with E-state index in [0.29, 0.717) is 16.8 Å². The Labute approximate surface area is 220 Å². The Morgan fingerprint density at radius 2 is 1.81 bits per heavy atom. The minimum Gasteiger partial charge on any atom is -0.311 e. The summed E-state index contributed by atoms with van der Waals surface area (Å²) in [6, 6.07) is 13.3. The highest BCUT2D eigenvalue weighted by Crippen LogP contribution is 2.27. The molecule has 3 heterocycles. The molecule has 0 bridgehead atoms. The van der Waals surface area contributed by atoms with Gasteiger partial charge in [-0.25, -0.2) is 19.4 Å². The van der Waals surface area contributed by atoms with Crippen LogP contribution in [-0.2, 0) is 23.1 Å². The van der Waals surface area contributed by atoms with Crippen LogP contribution in [-0.4, -0.2) is 31.7 Å². The van der Waals surface area contributed by atoms with E-state index in [1.807, 2.05) is 49.4 Å². The highest BCUT2D eigenvalue weighted by atomic mass is 32.1. The standard InChI is InChI=1S/C27H31N7O2S/c1-17-7-6-8-20(13-17)34-24(15-22(33-34)27(3,4)5)31-25(36)32-26-29-16-21(37-26)10-9-19-11-12-28-23(14-19)30-18(2)35/h6-8,11-16H,9-10H2,1-5H3,(H,28,30,35)(H2,29,31,32,36). The number of rotatable bonds is 7. The maximum absolute atomic E-state index is 12.9. The molecule has 3 aromatic heterocycles. The molecule has 4 aromatic rings. The molecule has 3 amide bonds. The van der Waals surface area contributed by atoms with Gasteiger partial charge in [-0.2, -0.15) is 5.10 Å². The number of aryl methyl sites for hydroxylation is 3. The van der Waals surface area contributed by atoms with Crippen LogP contribution >= 0.6 is 11.3 Å². The number of hydrogen-bond acceptors (Lipinski definition) is 6. The summed E-state index contributed by atoms with van der Waals surface area (Å²) < 4.78 is 1.75. The molecule has 0 radical (unpaired) electrons. The van der Waals surface area contributed by atoms with Gasteiger partial charge in [0.2, 0.25) is 5.91 Å². The number of hydrogen-bond donors (Lipinski definition) is 3. The Kier molecular flexibility index (Phi) is 7.68. The number of carbonyl (C=O) groups is 2. The second-order valence-corrected chi connectivity index (χ2v) is 11.0. The van der Waals surface area contributed by atoms with Crippen LogP contribution < -0.4 is 16.0 Å². The molecule has 0 saturated carbocycles. The largest absolute Gasteiger partial charge is 0.326 e. The minimum atomic E-state index is -0.385. The minimum absolute atomic E-state index is 0.155. The van der Waals surface area contributed by atoms with Crippen LogP contribution in [0, 0.1) is 6.92 Å². The van der Waals surface area contributed by atoms with Crippen LogP contribution in [0.3, 0.4) is 0 Å². The van der Waals surface area contributed by atoms with E-state index < -0.39 is 0 Å². The Morgan fingerprint density at radius 1 is 1.00 bits per heavy atom. The summed E-state index contributed by atoms with van der Waals surface area (Å²) >= 11 is 1.43. The van der Waals surface area contributed by atoms with Crippen LogP contribution in [0.2, 0.25) is 0 Å². The van der Waals surface area contributed by atoms with Gasteiger partial charge in [-0.1, -0.05) is 32.9 Å². The second kappa shape index (κ2) is 10.9. The maximum Gasteiger partial charge on any atom is 0.326 e. The number of anilines is 3. The molecule has 0 spiro atoms. The van der Waals surface area contributed by atoms with Crippen molar-refractivity contribution in [1.29, 1.82) is 0 Å². The van der Waals surface area contributed by atoms with Gasteiger partial charge in [-0.15, -0.1) is 11.3 Å². The summed E-state index contributed by atoms with van der Waals surface area (Å²) in [7, 11) is 0. The SMILES string of the molecule is CC(=O)Nc1cc(CCc2cnc(NC(=O)Nc3cc(C(C)(C)C)nn3-c3cccc(C)c3)s2)ccn1. The predicted octanol–water partition coefficient (Wildman–Crippen LogP) is 5.72. The average molecular weight is 518 g/mol. The number of nitrogens with one attached hydrogen (secondary N) is 3. The van der Waals surface area contributed by atoms with Crippen LogP contribution in [0.4, 0.5) is 21.6 Å². The van der Waals surface area contributed by atoms with Gasteiger partial charge in [-0.05, 0) is 55.2 Å². The van der Waals surface area contributed by atoms with Crippen molar-refractivity contribution in [2.75, 3.05) is 16.0 Å². The third-order valence-electron chi connectivity index (χ3n) is 5.53. The molecule has 0 saturated heterocycles. The quantitative estimate of drug-likeness (QED) is 0.290. The number of carbonyl (C=O) groups excluding carboxylic acids is 2. The zero-order valence-electron chi connectivity index (χ0n) is 21.6. The lowest BCUT2D eigenvalue weighted by molar-refractivity contribution is -0.114. The smallest absolute Gasteiger partial charge is 0.311 e. The van der Waals surface area contributed by atoms with Crippen molar-refractivity contribution in [3.63, 3.8) is 0 Å². The van der Waals surface area contributed by atoms with E-state index >= 15 is 0 Å². The van der Waals surface area contributed by atoms with Gasteiger partial charge >= 0.3 is 6.03 Å². The summed E-state index contributed by atoms with van der Waals surface area (Å²) in [6.45, 7) is 9.74. The van der Waals surface area contributed by atoms with Crippen LogP contribution in [0.15, 0.2) is 54.9 Å². The number of benzene rings is 1. The van der Waals surface area contributed by atoms with Crippen LogP contribution in [0.1, 0.15) is 49.4 Å². The Bertz CT molecular complexity index is 1420. The maximum atomic E-state index is 12.9. The lowest BCUT2D eigenvalue weighted by Crippen LogP contribution is -2.21. The van der Waals surface area contributed by atoms with Gasteiger partial charge in [0.25, 0.3) is 0 Å². The number of urea groups is 1. The molecule has 10 heteroatoms. The summed E-state index contributed by atoms with van der Waals surface area (Å²) in [5, 5.41) is 13.7. The molecular weight excluding hydrogens is 486 g/mol. The molecule has 9 nitrogen and oxygen atoms in total. The van der Waals surface area contributed by atoms with E-state index in [2.05, 4.69) is 46.7 Å². The van der Waals surface area contributed by atoms with E-state index in [9.17, 15) is 9.59 Å². The van der Waals surface area contributed by atoms with E-state index in [1.54, 1.807) is 17.1 Å². The normalized spacial score (nSPS) is 11.3. The topological polar surface area (TPSA) is 114 Å². The van der Waals surface area contributed by atoms with Gasteiger partial charge in [0.05, 0.1) is 11.4 Å². The third kappa shape index (κ3) is 7.01. The van der Waals surface area contributed by atoms with Gasteiger partial charge in [-0.3, -0.25) is 15.4 Å². The molecule has 3 N–H and O–H groups in total. The number of thiazole rings is 1. The molecule has 0 fully saturated rings. The zero-order valence-corrected chi connectivity index (χ0v) is 22.4. The monoisotopic (exact) mass is 517 g/mol. The molecule has 4 rings (SSSR count). The first-order chi connectivity index (χ1) is 17.6. The molecule has 192 valence electrons. The van der Waals surface area contributed by atoms with Crippen molar-refractivity contribution >= 4 is 40.0 Å². The lowest BCUT2D eigenvalue weighted by Gasteiger charge is -2.14. The summed E-state index contributed by atoms with van der Waals surface area (Å²) in [5.41, 5.74) is 3.73. The fraction of sp³-hybridized carbons (Fsp3) is 0.296. The number of nitrogens with zero attached hydrogens (tertiary/aromatic N) is 4. The molecule has 0 aliphatic rings. The van der Waals surface area contributed by atoms with Gasteiger partial charge in [0.1, 0.15) is 11.6 Å². The Morgan fingerprint density at radius 3 is 2.54 bits per heavy atom. The van der Waals surface area contributed by atoms with E-state index in [4.69, 9.17) is 5.10 Å². The molecule has 0 aliphatic carbocycles. The van der Waals surface area contributed by atoms with E-state index in [1.165, 1.54) is 18.3 Å². The first-order valence-electron chi connectivity index (χ1n) is 12.0. The van der Waals surface area contributed by atoms with Crippen molar-refractivity contribution in [2.24, 2.45) is 0 Å². The average Bonchev–Trinajstić information content (AvgIpc) is 3.44. The van der Waals surface area contributed by atoms with Crippen molar-refractivity contribution in [3.8, 4) is 5.69 Å². The van der Waals surface area contributed by atoms with Crippen molar-refractivity contribution in [1.82, 2.24) is 19.7 Å². The fourth-order valence-corrected chi connectivity index (χ4v) is 4.47. The highest BCUT2D eigenvalue weighted by Gasteiger charge is 2.22. The third-order valence-corrected chi connectivity index (χ3v) is 6.50. The van der Waals surface area contributed by atoms with Crippen LogP contribution in [0.5, 0.6) is 0 Å². The van der Waals surface area contributed by atoms with Gasteiger partial charge in [0, 0.05) is 35.7 Å². The van der Waals surface area contributed by atoms with Gasteiger partial charge < -0.3 is 5.32 Å². The lowest BCUT2D eigenvalue weighted by atomic mass is 9.92. The highest BCUT2D eigenvalue weighted by molar-refractivity contribution is 7.15. The van der Waals surface area contributed by atoms with Gasteiger partial charge in [0.15, 0.2) is 5.13 Å². The Balaban J connectivity index is 1.42. The van der Waals surface area contributed by atoms with E-state index in [0.717, 1.165) is 40.2 Å². The molecular formula is C27H31N7O2S. The zero-order chi connectivity index (χ0) is 26.6. The van der Waals surface area contributed by atoms with Crippen molar-refractivity contribution < 1.29 is 9.59 Å². The van der Waals surface area contributed by atoms with Crippen molar-refractivity contribution in [2.45, 2.75) is 52.9 Å². The fourth-order valence-electron chi connectivity index (χ4n) is 3.66. The molecule has 0 atom stereocenters. The molecule has 37 heavy (non-hydrogen) atoms.